The van der Waals surface area contributed by atoms with Gasteiger partial charge in [-0.3, -0.25) is 4.79 Å². The van der Waals surface area contributed by atoms with Gasteiger partial charge in [-0.2, -0.15) is 11.8 Å². The quantitative estimate of drug-likeness (QED) is 0.445. The van der Waals surface area contributed by atoms with Gasteiger partial charge in [0.25, 0.3) is 0 Å². The molecule has 28 heavy (non-hydrogen) atoms. The Labute approximate surface area is 176 Å². The fourth-order valence-corrected chi connectivity index (χ4v) is 4.15. The summed E-state index contributed by atoms with van der Waals surface area (Å²) < 4.78 is 0. The molecule has 2 nitrogen and oxygen atoms in total. The molecule has 3 aromatic rings. The van der Waals surface area contributed by atoms with E-state index in [9.17, 15) is 4.79 Å². The van der Waals surface area contributed by atoms with E-state index in [1.165, 1.54) is 16.7 Å². The molecule has 0 bridgehead atoms. The number of carbonyl (C=O) groups is 1. The monoisotopic (exact) mass is 409 g/mol. The van der Waals surface area contributed by atoms with Gasteiger partial charge in [0.05, 0.1) is 0 Å². The van der Waals surface area contributed by atoms with Crippen molar-refractivity contribution in [3.05, 3.63) is 107 Å². The zero-order valence-electron chi connectivity index (χ0n) is 15.7. The molecule has 3 aromatic carbocycles. The number of halogens is 1. The van der Waals surface area contributed by atoms with Gasteiger partial charge < -0.3 is 5.32 Å². The number of hydrogen-bond donors (Lipinski definition) is 1. The first-order valence-corrected chi connectivity index (χ1v) is 10.9. The summed E-state index contributed by atoms with van der Waals surface area (Å²) in [7, 11) is 0. The maximum Gasteiger partial charge on any atom is 0.220 e. The van der Waals surface area contributed by atoms with E-state index in [4.69, 9.17) is 11.6 Å². The minimum absolute atomic E-state index is 0.0708. The van der Waals surface area contributed by atoms with Crippen LogP contribution < -0.4 is 5.32 Å². The zero-order valence-corrected chi connectivity index (χ0v) is 17.3. The third-order valence-electron chi connectivity index (χ3n) is 4.52. The highest BCUT2D eigenvalue weighted by Gasteiger charge is 2.17. The van der Waals surface area contributed by atoms with E-state index in [2.05, 4.69) is 35.6 Å². The third kappa shape index (κ3) is 6.43. The molecule has 0 saturated heterocycles. The van der Waals surface area contributed by atoms with E-state index in [1.54, 1.807) is 11.8 Å². The molecule has 0 spiro atoms. The largest absolute Gasteiger partial charge is 0.355 e. The van der Waals surface area contributed by atoms with Crippen molar-refractivity contribution in [1.29, 1.82) is 0 Å². The van der Waals surface area contributed by atoms with Crippen molar-refractivity contribution in [2.45, 2.75) is 18.1 Å². The second-order valence-corrected chi connectivity index (χ2v) is 8.15. The Bertz CT molecular complexity index is 831. The van der Waals surface area contributed by atoms with Crippen LogP contribution in [0.5, 0.6) is 0 Å². The SMILES string of the molecule is O=C(CC(c1ccccc1)c1ccccc1)NCCSCc1cccc(Cl)c1. The average molecular weight is 410 g/mol. The minimum atomic E-state index is 0.0708. The lowest BCUT2D eigenvalue weighted by atomic mass is 9.88. The van der Waals surface area contributed by atoms with Gasteiger partial charge in [0.2, 0.25) is 5.91 Å². The van der Waals surface area contributed by atoms with Crippen molar-refractivity contribution in [1.82, 2.24) is 5.32 Å². The van der Waals surface area contributed by atoms with E-state index >= 15 is 0 Å². The first kappa shape index (κ1) is 20.5. The topological polar surface area (TPSA) is 29.1 Å². The Balaban J connectivity index is 1.49. The molecule has 0 aliphatic carbocycles. The maximum atomic E-state index is 12.5. The summed E-state index contributed by atoms with van der Waals surface area (Å²) in [5.41, 5.74) is 3.54. The van der Waals surface area contributed by atoms with Crippen LogP contribution >= 0.6 is 23.4 Å². The van der Waals surface area contributed by atoms with Crippen LogP contribution in [0.1, 0.15) is 29.0 Å². The molecule has 1 amide bonds. The number of hydrogen-bond acceptors (Lipinski definition) is 2. The lowest BCUT2D eigenvalue weighted by Crippen LogP contribution is -2.27. The summed E-state index contributed by atoms with van der Waals surface area (Å²) in [5.74, 6) is 1.93. The first-order chi connectivity index (χ1) is 13.7. The molecule has 144 valence electrons. The van der Waals surface area contributed by atoms with Crippen LogP contribution in [-0.2, 0) is 10.5 Å². The molecule has 4 heteroatoms. The van der Waals surface area contributed by atoms with Crippen molar-refractivity contribution >= 4 is 29.3 Å². The van der Waals surface area contributed by atoms with Crippen LogP contribution in [-0.4, -0.2) is 18.2 Å². The van der Waals surface area contributed by atoms with Crippen LogP contribution in [0.25, 0.3) is 0 Å². The molecule has 0 unspecified atom stereocenters. The number of carbonyl (C=O) groups excluding carboxylic acids is 1. The van der Waals surface area contributed by atoms with Crippen LogP contribution in [0.4, 0.5) is 0 Å². The smallest absolute Gasteiger partial charge is 0.220 e. The second-order valence-electron chi connectivity index (χ2n) is 6.61. The molecule has 1 N–H and O–H groups in total. The van der Waals surface area contributed by atoms with Gasteiger partial charge >= 0.3 is 0 Å². The van der Waals surface area contributed by atoms with Crippen LogP contribution in [0, 0.1) is 0 Å². The fourth-order valence-electron chi connectivity index (χ4n) is 3.14. The maximum absolute atomic E-state index is 12.5. The summed E-state index contributed by atoms with van der Waals surface area (Å²) in [6.45, 7) is 0.667. The van der Waals surface area contributed by atoms with Gasteiger partial charge in [0, 0.05) is 35.4 Å². The van der Waals surface area contributed by atoms with Crippen LogP contribution in [0.2, 0.25) is 5.02 Å². The number of amides is 1. The number of benzene rings is 3. The van der Waals surface area contributed by atoms with Gasteiger partial charge in [-0.25, -0.2) is 0 Å². The van der Waals surface area contributed by atoms with Crippen molar-refractivity contribution in [3.8, 4) is 0 Å². The molecule has 0 aliphatic heterocycles. The van der Waals surface area contributed by atoms with Crippen molar-refractivity contribution in [3.63, 3.8) is 0 Å². The van der Waals surface area contributed by atoms with Gasteiger partial charge in [-0.05, 0) is 28.8 Å². The summed E-state index contributed by atoms with van der Waals surface area (Å²) in [5, 5.41) is 3.83. The second kappa shape index (κ2) is 10.9. The molecule has 0 radical (unpaired) electrons. The predicted octanol–water partition coefficient (Wildman–Crippen LogP) is 5.91. The highest BCUT2D eigenvalue weighted by molar-refractivity contribution is 7.98. The molecule has 3 rings (SSSR count). The van der Waals surface area contributed by atoms with Crippen molar-refractivity contribution in [2.24, 2.45) is 0 Å². The van der Waals surface area contributed by atoms with E-state index < -0.39 is 0 Å². The normalized spacial score (nSPS) is 10.8. The molecule has 0 saturated carbocycles. The Kier molecular flexibility index (Phi) is 8.01. The zero-order chi connectivity index (χ0) is 19.6. The van der Waals surface area contributed by atoms with Gasteiger partial charge in [0.1, 0.15) is 0 Å². The number of nitrogens with one attached hydrogen (secondary N) is 1. The van der Waals surface area contributed by atoms with E-state index in [-0.39, 0.29) is 11.8 Å². The highest BCUT2D eigenvalue weighted by Crippen LogP contribution is 2.27. The van der Waals surface area contributed by atoms with E-state index in [0.29, 0.717) is 13.0 Å². The van der Waals surface area contributed by atoms with Crippen molar-refractivity contribution < 1.29 is 4.79 Å². The van der Waals surface area contributed by atoms with Crippen LogP contribution in [0.15, 0.2) is 84.9 Å². The Hall–Kier alpha value is -2.23. The average Bonchev–Trinajstić information content (AvgIpc) is 2.73. The molecule has 0 atom stereocenters. The van der Waals surface area contributed by atoms with Crippen molar-refractivity contribution in [2.75, 3.05) is 12.3 Å². The third-order valence-corrected chi connectivity index (χ3v) is 5.79. The van der Waals surface area contributed by atoms with E-state index in [1.807, 2.05) is 54.6 Å². The molecule has 0 aromatic heterocycles. The van der Waals surface area contributed by atoms with Crippen LogP contribution in [0.3, 0.4) is 0 Å². The Morgan fingerprint density at radius 3 is 2.14 bits per heavy atom. The molecular weight excluding hydrogens is 386 g/mol. The Morgan fingerprint density at radius 2 is 1.54 bits per heavy atom. The summed E-state index contributed by atoms with van der Waals surface area (Å²) in [6.07, 6.45) is 0.451. The number of rotatable bonds is 9. The van der Waals surface area contributed by atoms with Gasteiger partial charge in [-0.15, -0.1) is 0 Å². The molecule has 0 fully saturated rings. The van der Waals surface area contributed by atoms with Gasteiger partial charge in [-0.1, -0.05) is 84.4 Å². The highest BCUT2D eigenvalue weighted by atomic mass is 35.5. The predicted molar refractivity (Wildman–Crippen MR) is 120 cm³/mol. The summed E-state index contributed by atoms with van der Waals surface area (Å²) >= 11 is 7.81. The first-order valence-electron chi connectivity index (χ1n) is 9.41. The Morgan fingerprint density at radius 1 is 0.893 bits per heavy atom. The number of thioether (sulfide) groups is 1. The lowest BCUT2D eigenvalue weighted by Gasteiger charge is -2.18. The fraction of sp³-hybridized carbons (Fsp3) is 0.208. The standard InChI is InChI=1S/C24H24ClNOS/c25-22-13-7-8-19(16-22)18-28-15-14-26-24(27)17-23(20-9-3-1-4-10-20)21-11-5-2-6-12-21/h1-13,16,23H,14-15,17-18H2,(H,26,27). The minimum Gasteiger partial charge on any atom is -0.355 e. The lowest BCUT2D eigenvalue weighted by molar-refractivity contribution is -0.121. The summed E-state index contributed by atoms with van der Waals surface area (Å²) in [4.78, 5) is 12.5. The molecule has 0 heterocycles. The van der Waals surface area contributed by atoms with E-state index in [0.717, 1.165) is 16.5 Å². The summed E-state index contributed by atoms with van der Waals surface area (Å²) in [6, 6.07) is 28.4. The molecule has 0 aliphatic rings. The molecular formula is C24H24ClNOS. The van der Waals surface area contributed by atoms with Gasteiger partial charge in [0.15, 0.2) is 0 Å².